The maximum atomic E-state index is 13.0. The van der Waals surface area contributed by atoms with Crippen LogP contribution in [0.2, 0.25) is 0 Å². The Labute approximate surface area is 135 Å². The number of nitrogens with zero attached hydrogens (tertiary/aromatic N) is 1. The second-order valence-corrected chi connectivity index (χ2v) is 6.79. The van der Waals surface area contributed by atoms with Crippen LogP contribution < -0.4 is 4.72 Å². The Morgan fingerprint density at radius 3 is 2.27 bits per heavy atom. The molecule has 4 heteroatoms. The first kappa shape index (κ1) is 15.5. The van der Waals surface area contributed by atoms with Gasteiger partial charge in [0.05, 0.1) is 5.54 Å². The molecular formula is C18H21FN2S. The number of halogens is 1. The van der Waals surface area contributed by atoms with Crippen molar-refractivity contribution in [3.05, 3.63) is 66.0 Å². The van der Waals surface area contributed by atoms with Crippen LogP contribution in [0.3, 0.4) is 0 Å². The highest BCUT2D eigenvalue weighted by Crippen LogP contribution is 2.35. The fourth-order valence-corrected chi connectivity index (χ4v) is 3.77. The topological polar surface area (TPSA) is 15.3 Å². The SMILES string of the molecule is CN1CCC(NSc2ccc(F)cc2)(c2ccccc2)CC1. The van der Waals surface area contributed by atoms with E-state index in [4.69, 9.17) is 0 Å². The molecule has 0 bridgehead atoms. The fraction of sp³-hybridized carbons (Fsp3) is 0.333. The van der Waals surface area contributed by atoms with Gasteiger partial charge in [0.25, 0.3) is 0 Å². The largest absolute Gasteiger partial charge is 0.306 e. The average molecular weight is 316 g/mol. The number of likely N-dealkylation sites (tertiary alicyclic amines) is 1. The highest BCUT2D eigenvalue weighted by atomic mass is 32.2. The second-order valence-electron chi connectivity index (χ2n) is 5.91. The summed E-state index contributed by atoms with van der Waals surface area (Å²) < 4.78 is 16.7. The van der Waals surface area contributed by atoms with Crippen molar-refractivity contribution in [2.75, 3.05) is 20.1 Å². The molecule has 1 fully saturated rings. The van der Waals surface area contributed by atoms with Crippen LogP contribution >= 0.6 is 11.9 Å². The highest BCUT2D eigenvalue weighted by molar-refractivity contribution is 7.97. The summed E-state index contributed by atoms with van der Waals surface area (Å²) in [6, 6.07) is 17.3. The minimum atomic E-state index is -0.193. The highest BCUT2D eigenvalue weighted by Gasteiger charge is 2.35. The Balaban J connectivity index is 1.78. The Hall–Kier alpha value is -1.36. The zero-order valence-electron chi connectivity index (χ0n) is 12.8. The molecule has 2 aromatic rings. The van der Waals surface area contributed by atoms with Gasteiger partial charge in [-0.2, -0.15) is 0 Å². The fourth-order valence-electron chi connectivity index (χ4n) is 2.87. The number of hydrogen-bond acceptors (Lipinski definition) is 3. The molecule has 1 heterocycles. The van der Waals surface area contributed by atoms with Gasteiger partial charge >= 0.3 is 0 Å². The molecular weight excluding hydrogens is 295 g/mol. The molecule has 22 heavy (non-hydrogen) atoms. The normalized spacial score (nSPS) is 18.3. The summed E-state index contributed by atoms with van der Waals surface area (Å²) in [5.74, 6) is -0.193. The second kappa shape index (κ2) is 6.82. The Morgan fingerprint density at radius 2 is 1.64 bits per heavy atom. The van der Waals surface area contributed by atoms with E-state index in [0.29, 0.717) is 0 Å². The molecule has 0 aromatic heterocycles. The summed E-state index contributed by atoms with van der Waals surface area (Å²) in [5.41, 5.74) is 1.31. The Kier molecular flexibility index (Phi) is 4.81. The summed E-state index contributed by atoms with van der Waals surface area (Å²) in [6.07, 6.45) is 2.14. The third-order valence-electron chi connectivity index (χ3n) is 4.34. The van der Waals surface area contributed by atoms with Crippen molar-refractivity contribution in [3.63, 3.8) is 0 Å². The van der Waals surface area contributed by atoms with Gasteiger partial charge < -0.3 is 4.90 Å². The van der Waals surface area contributed by atoms with Crippen LogP contribution in [0, 0.1) is 5.82 Å². The molecule has 1 aliphatic rings. The smallest absolute Gasteiger partial charge is 0.123 e. The maximum absolute atomic E-state index is 13.0. The van der Waals surface area contributed by atoms with E-state index in [-0.39, 0.29) is 11.4 Å². The van der Waals surface area contributed by atoms with E-state index in [2.05, 4.69) is 47.0 Å². The van der Waals surface area contributed by atoms with Gasteiger partial charge in [0.1, 0.15) is 5.82 Å². The van der Waals surface area contributed by atoms with Gasteiger partial charge in [-0.25, -0.2) is 9.11 Å². The molecule has 1 N–H and O–H groups in total. The van der Waals surface area contributed by atoms with Crippen LogP contribution in [0.1, 0.15) is 18.4 Å². The van der Waals surface area contributed by atoms with Crippen LogP contribution in [0.5, 0.6) is 0 Å². The number of hydrogen-bond donors (Lipinski definition) is 1. The summed E-state index contributed by atoms with van der Waals surface area (Å²) in [7, 11) is 2.17. The standard InChI is InChI=1S/C18H21FN2S/c1-21-13-11-18(12-14-21,15-5-3-2-4-6-15)20-22-17-9-7-16(19)8-10-17/h2-10,20H,11-14H2,1H3. The summed E-state index contributed by atoms with van der Waals surface area (Å²) in [4.78, 5) is 3.40. The number of benzene rings is 2. The Morgan fingerprint density at radius 1 is 1.00 bits per heavy atom. The predicted molar refractivity (Wildman–Crippen MR) is 90.2 cm³/mol. The van der Waals surface area contributed by atoms with Gasteiger partial charge in [-0.1, -0.05) is 30.3 Å². The Bertz CT molecular complexity index is 592. The molecule has 0 atom stereocenters. The molecule has 0 aliphatic carbocycles. The van der Waals surface area contributed by atoms with Crippen LogP contribution in [0.25, 0.3) is 0 Å². The van der Waals surface area contributed by atoms with Gasteiger partial charge in [0, 0.05) is 4.90 Å². The van der Waals surface area contributed by atoms with Crippen LogP contribution in [0.15, 0.2) is 59.5 Å². The van der Waals surface area contributed by atoms with E-state index in [9.17, 15) is 4.39 Å². The van der Waals surface area contributed by atoms with Gasteiger partial charge in [-0.3, -0.25) is 0 Å². The molecule has 116 valence electrons. The lowest BCUT2D eigenvalue weighted by Crippen LogP contribution is -2.47. The number of nitrogens with one attached hydrogen (secondary N) is 1. The van der Waals surface area contributed by atoms with Crippen molar-refractivity contribution in [3.8, 4) is 0 Å². The molecule has 0 radical (unpaired) electrons. The van der Waals surface area contributed by atoms with E-state index in [1.165, 1.54) is 17.7 Å². The van der Waals surface area contributed by atoms with E-state index in [1.807, 2.05) is 12.1 Å². The zero-order chi connectivity index (χ0) is 15.4. The molecule has 0 amide bonds. The zero-order valence-corrected chi connectivity index (χ0v) is 13.6. The molecule has 2 nitrogen and oxygen atoms in total. The predicted octanol–water partition coefficient (Wildman–Crippen LogP) is 4.04. The van der Waals surface area contributed by atoms with Gasteiger partial charge in [0.2, 0.25) is 0 Å². The molecule has 1 saturated heterocycles. The van der Waals surface area contributed by atoms with Crippen molar-refractivity contribution in [2.24, 2.45) is 0 Å². The monoisotopic (exact) mass is 316 g/mol. The van der Waals surface area contributed by atoms with Crippen molar-refractivity contribution < 1.29 is 4.39 Å². The van der Waals surface area contributed by atoms with Crippen molar-refractivity contribution >= 4 is 11.9 Å². The lowest BCUT2D eigenvalue weighted by molar-refractivity contribution is 0.180. The van der Waals surface area contributed by atoms with Crippen molar-refractivity contribution in [1.29, 1.82) is 0 Å². The van der Waals surface area contributed by atoms with Crippen LogP contribution in [-0.2, 0) is 5.54 Å². The van der Waals surface area contributed by atoms with E-state index in [0.717, 1.165) is 30.8 Å². The minimum Gasteiger partial charge on any atom is -0.306 e. The van der Waals surface area contributed by atoms with Gasteiger partial charge in [-0.15, -0.1) is 0 Å². The molecule has 0 saturated carbocycles. The first-order valence-corrected chi connectivity index (χ1v) is 8.43. The van der Waals surface area contributed by atoms with E-state index < -0.39 is 0 Å². The third kappa shape index (κ3) is 3.51. The van der Waals surface area contributed by atoms with Gasteiger partial charge in [0.15, 0.2) is 0 Å². The van der Waals surface area contributed by atoms with E-state index in [1.54, 1.807) is 11.9 Å². The first-order chi connectivity index (χ1) is 10.7. The lowest BCUT2D eigenvalue weighted by Gasteiger charge is -2.41. The lowest BCUT2D eigenvalue weighted by atomic mass is 9.82. The quantitative estimate of drug-likeness (QED) is 0.857. The molecule has 0 spiro atoms. The molecule has 1 aliphatic heterocycles. The van der Waals surface area contributed by atoms with Crippen molar-refractivity contribution in [2.45, 2.75) is 23.3 Å². The summed E-state index contributed by atoms with van der Waals surface area (Å²) in [6.45, 7) is 2.15. The summed E-state index contributed by atoms with van der Waals surface area (Å²) >= 11 is 1.60. The average Bonchev–Trinajstić information content (AvgIpc) is 2.57. The van der Waals surface area contributed by atoms with Crippen molar-refractivity contribution in [1.82, 2.24) is 9.62 Å². The first-order valence-electron chi connectivity index (χ1n) is 7.62. The number of piperidine rings is 1. The molecule has 0 unspecified atom stereocenters. The van der Waals surface area contributed by atoms with Gasteiger partial charge in [-0.05, 0) is 74.8 Å². The minimum absolute atomic E-state index is 0.0210. The van der Waals surface area contributed by atoms with E-state index >= 15 is 0 Å². The maximum Gasteiger partial charge on any atom is 0.123 e. The summed E-state index contributed by atoms with van der Waals surface area (Å²) in [5, 5.41) is 0. The third-order valence-corrected chi connectivity index (χ3v) is 5.35. The van der Waals surface area contributed by atoms with Crippen LogP contribution in [-0.4, -0.2) is 25.0 Å². The van der Waals surface area contributed by atoms with Crippen LogP contribution in [0.4, 0.5) is 4.39 Å². The molecule has 3 rings (SSSR count). The molecule has 2 aromatic carbocycles. The number of rotatable bonds is 4.